The van der Waals surface area contributed by atoms with Gasteiger partial charge in [-0.3, -0.25) is 28.9 Å². The molecule has 4 aliphatic heterocycles. The van der Waals surface area contributed by atoms with Crippen molar-refractivity contribution in [3.05, 3.63) is 60.3 Å². The molecule has 0 radical (unpaired) electrons. The Balaban J connectivity index is 1.03. The van der Waals surface area contributed by atoms with E-state index in [9.17, 15) is 40.8 Å². The normalized spacial score (nSPS) is 27.7. The molecule has 4 fully saturated rings. The van der Waals surface area contributed by atoms with Gasteiger partial charge >= 0.3 is 6.18 Å². The minimum Gasteiger partial charge on any atom is -0.493 e. The van der Waals surface area contributed by atoms with Crippen molar-refractivity contribution in [1.82, 2.24) is 24.5 Å². The van der Waals surface area contributed by atoms with Crippen molar-refractivity contribution < 1.29 is 50.2 Å². The molecule has 0 spiro atoms. The van der Waals surface area contributed by atoms with Gasteiger partial charge in [-0.15, -0.1) is 0 Å². The zero-order valence-corrected chi connectivity index (χ0v) is 35.8. The zero-order chi connectivity index (χ0) is 44.1. The topological polar surface area (TPSA) is 165 Å². The summed E-state index contributed by atoms with van der Waals surface area (Å²) in [5, 5.41) is 0.0648. The molecule has 9 rings (SSSR count). The van der Waals surface area contributed by atoms with Gasteiger partial charge in [-0.05, 0) is 81.5 Å². The highest BCUT2D eigenvalue weighted by atomic mass is 32.2. The van der Waals surface area contributed by atoms with Gasteiger partial charge in [0.1, 0.15) is 17.6 Å². The number of rotatable bonds is 8. The van der Waals surface area contributed by atoms with Crippen LogP contribution in [0.25, 0.3) is 22.3 Å². The lowest BCUT2D eigenvalue weighted by Gasteiger charge is -2.34. The number of benzene rings is 1. The maximum absolute atomic E-state index is 15.0. The number of sulfonamides is 1. The second-order valence-electron chi connectivity index (χ2n) is 18.2. The summed E-state index contributed by atoms with van der Waals surface area (Å²) in [5.74, 6) is -3.49. The molecule has 2 aromatic heterocycles. The van der Waals surface area contributed by atoms with Gasteiger partial charge in [0, 0.05) is 67.9 Å². The number of pyridine rings is 2. The van der Waals surface area contributed by atoms with E-state index in [0.29, 0.717) is 73.2 Å². The van der Waals surface area contributed by atoms with Crippen molar-refractivity contribution in [2.75, 3.05) is 26.2 Å². The molecule has 6 heterocycles. The second-order valence-corrected chi connectivity index (χ2v) is 20.1. The summed E-state index contributed by atoms with van der Waals surface area (Å²) >= 11 is 0. The third-order valence-corrected chi connectivity index (χ3v) is 15.7. The van der Waals surface area contributed by atoms with Crippen LogP contribution in [0.5, 0.6) is 11.5 Å². The monoisotopic (exact) mass is 891 g/mol. The fourth-order valence-electron chi connectivity index (χ4n) is 9.98. The second kappa shape index (κ2) is 17.1. The summed E-state index contributed by atoms with van der Waals surface area (Å²) in [5.41, 5.74) is 1.46. The van der Waals surface area contributed by atoms with Crippen molar-refractivity contribution in [1.29, 1.82) is 0 Å². The minimum atomic E-state index is -4.34. The van der Waals surface area contributed by atoms with Crippen LogP contribution in [0.4, 0.5) is 13.2 Å². The molecule has 2 saturated heterocycles. The summed E-state index contributed by atoms with van der Waals surface area (Å²) in [4.78, 5) is 69.9. The van der Waals surface area contributed by atoms with Crippen molar-refractivity contribution in [2.45, 2.75) is 113 Å². The molecule has 3 amide bonds. The van der Waals surface area contributed by atoms with Gasteiger partial charge in [0.2, 0.25) is 27.7 Å². The highest BCUT2D eigenvalue weighted by Crippen LogP contribution is 2.57. The molecule has 2 aliphatic carbocycles. The Kier molecular flexibility index (Phi) is 11.8. The van der Waals surface area contributed by atoms with E-state index in [1.807, 2.05) is 36.4 Å². The Hall–Kier alpha value is -5.06. The molecule has 1 N–H and O–H groups in total. The number of allylic oxidation sites excluding steroid dienone is 2. The van der Waals surface area contributed by atoms with E-state index in [1.165, 1.54) is 9.80 Å². The Labute approximate surface area is 364 Å². The maximum atomic E-state index is 15.0. The average molecular weight is 892 g/mol. The van der Waals surface area contributed by atoms with E-state index in [2.05, 4.69) is 9.71 Å². The fourth-order valence-corrected chi connectivity index (χ4v) is 11.4. The number of amides is 3. The summed E-state index contributed by atoms with van der Waals surface area (Å²) in [6, 6.07) is 9.95. The number of aromatic nitrogens is 2. The number of carbonyl (C=O) groups is 4. The highest BCUT2D eigenvalue weighted by molar-refractivity contribution is 7.90. The number of likely N-dealkylation sites (tertiary alicyclic amines) is 1. The van der Waals surface area contributed by atoms with Crippen molar-refractivity contribution >= 4 is 44.4 Å². The molecule has 3 aromatic rings. The van der Waals surface area contributed by atoms with Crippen molar-refractivity contribution in [3.8, 4) is 22.9 Å². The van der Waals surface area contributed by atoms with Crippen LogP contribution in [0.1, 0.15) is 89.0 Å². The van der Waals surface area contributed by atoms with Crippen LogP contribution in [0.3, 0.4) is 0 Å². The zero-order valence-electron chi connectivity index (χ0n) is 35.0. The van der Waals surface area contributed by atoms with Crippen LogP contribution in [0.15, 0.2) is 54.7 Å². The summed E-state index contributed by atoms with van der Waals surface area (Å²) in [6.07, 6.45) is 4.51. The summed E-state index contributed by atoms with van der Waals surface area (Å²) in [6.45, 7) is 0.358. The Bertz CT molecular complexity index is 2420. The van der Waals surface area contributed by atoms with Gasteiger partial charge in [-0.2, -0.15) is 13.2 Å². The van der Waals surface area contributed by atoms with Crippen LogP contribution < -0.4 is 14.2 Å². The molecule has 6 aliphatic rings. The number of Topliss-reactive ketones (excluding diaryl/α,β-unsaturated/α-hetero) is 1. The first-order valence-corrected chi connectivity index (χ1v) is 23.8. The molecule has 0 unspecified atom stereocenters. The third-order valence-electron chi connectivity index (χ3n) is 13.9. The fraction of sp³-hybridized carbons (Fsp3) is 0.565. The molecule has 336 valence electrons. The third kappa shape index (κ3) is 9.03. The minimum absolute atomic E-state index is 0.0215. The highest BCUT2D eigenvalue weighted by Gasteiger charge is 2.61. The van der Waals surface area contributed by atoms with Gasteiger partial charge in [0.25, 0.3) is 0 Å². The predicted molar refractivity (Wildman–Crippen MR) is 225 cm³/mol. The van der Waals surface area contributed by atoms with E-state index in [4.69, 9.17) is 14.5 Å². The number of halogens is 3. The van der Waals surface area contributed by atoms with Crippen molar-refractivity contribution in [3.63, 3.8) is 0 Å². The lowest BCUT2D eigenvalue weighted by atomic mass is 9.90. The van der Waals surface area contributed by atoms with Gasteiger partial charge in [0.15, 0.2) is 5.78 Å². The van der Waals surface area contributed by atoms with E-state index in [1.54, 1.807) is 18.3 Å². The van der Waals surface area contributed by atoms with Crippen molar-refractivity contribution in [2.24, 2.45) is 23.2 Å². The van der Waals surface area contributed by atoms with Crippen LogP contribution in [0, 0.1) is 23.2 Å². The molecular formula is C46H52F3N5O8S. The number of hydrogen-bond donors (Lipinski definition) is 1. The average Bonchev–Trinajstić information content (AvgIpc) is 4.14. The first-order valence-electron chi connectivity index (χ1n) is 22.3. The van der Waals surface area contributed by atoms with Crippen LogP contribution in [-0.2, 0) is 35.6 Å². The number of piperidine rings is 1. The maximum Gasteiger partial charge on any atom is 0.391 e. The smallest absolute Gasteiger partial charge is 0.391 e. The number of hydrogen-bond acceptors (Lipinski definition) is 10. The number of ether oxygens (including phenoxy) is 2. The molecule has 5 atom stereocenters. The first kappa shape index (κ1) is 43.2. The van der Waals surface area contributed by atoms with Crippen LogP contribution in [-0.4, -0.2) is 102 Å². The molecule has 0 bridgehead atoms. The van der Waals surface area contributed by atoms with E-state index >= 15 is 0 Å². The first-order chi connectivity index (χ1) is 30.2. The van der Waals surface area contributed by atoms with E-state index in [0.717, 1.165) is 24.2 Å². The van der Waals surface area contributed by atoms with E-state index < -0.39 is 74.4 Å². The Morgan fingerprint density at radius 1 is 1.00 bits per heavy atom. The number of nitrogens with one attached hydrogen (secondary N) is 1. The molecular weight excluding hydrogens is 840 g/mol. The lowest BCUT2D eigenvalue weighted by molar-refractivity contribution is -0.186. The van der Waals surface area contributed by atoms with Gasteiger partial charge < -0.3 is 19.3 Å². The lowest BCUT2D eigenvalue weighted by Crippen LogP contribution is -2.47. The Morgan fingerprint density at radius 2 is 1.81 bits per heavy atom. The molecule has 2 saturated carbocycles. The SMILES string of the molecule is O=C1C[C@]2(C(=O)NS(=O)(=O)C3CC3)C[C@H]2/C=C\CCCCC[C@H](CC(=O)N2CCC(C(F)(F)F)CC2)C(=O)N2C[C@H](Oc3cc(-c4ccccn4)nc4c5c(ccc34)OCC5)C[C@@H]12. The number of ketones is 1. The van der Waals surface area contributed by atoms with Gasteiger partial charge in [-0.25, -0.2) is 13.4 Å². The number of carbonyl (C=O) groups excluding carboxylic acids is 4. The molecule has 1 aromatic carbocycles. The number of fused-ring (bicyclic) bond motifs is 5. The molecule has 13 nitrogen and oxygen atoms in total. The quantitative estimate of drug-likeness (QED) is 0.248. The van der Waals surface area contributed by atoms with E-state index in [-0.39, 0.29) is 64.1 Å². The summed E-state index contributed by atoms with van der Waals surface area (Å²) < 4.78 is 81.4. The largest absolute Gasteiger partial charge is 0.493 e. The molecule has 17 heteroatoms. The van der Waals surface area contributed by atoms with Crippen LogP contribution in [0.2, 0.25) is 0 Å². The Morgan fingerprint density at radius 3 is 2.56 bits per heavy atom. The molecule has 63 heavy (non-hydrogen) atoms. The number of alkyl halides is 3. The predicted octanol–water partition coefficient (Wildman–Crippen LogP) is 6.48. The number of nitrogens with zero attached hydrogens (tertiary/aromatic N) is 4. The van der Waals surface area contributed by atoms with Gasteiger partial charge in [-0.1, -0.05) is 31.1 Å². The van der Waals surface area contributed by atoms with Crippen LogP contribution >= 0.6 is 0 Å². The standard InChI is InChI=1S/C46H52F3N5O8S/c47-46(48,49)29-15-19-53(20-16-29)41(56)22-28-8-4-2-1-3-5-9-30-25-45(30,44(58)52-63(59,60)32-11-12-32)26-38(55)37-23-31(27-54(37)43(28)57)62-40-24-36(35-10-6-7-18-50-35)51-42-33(40)13-14-39-34(42)17-21-61-39/h5-7,9-10,13-14,18,24,28-32,37H,1-4,8,11-12,15-17,19-23,25-27H2,(H,52,58)/b9-5-/t28-,30-,31-,37+,45-/m1/s1. The summed E-state index contributed by atoms with van der Waals surface area (Å²) in [7, 11) is -3.91. The van der Waals surface area contributed by atoms with Gasteiger partial charge in [0.05, 0.1) is 52.7 Å².